The maximum absolute atomic E-state index is 9.17. The van der Waals surface area contributed by atoms with Crippen LogP contribution >= 0.6 is 11.6 Å². The molecule has 0 aliphatic heterocycles. The maximum atomic E-state index is 9.17. The molecule has 0 aliphatic carbocycles. The highest BCUT2D eigenvalue weighted by Crippen LogP contribution is 2.27. The van der Waals surface area contributed by atoms with Gasteiger partial charge in [-0.05, 0) is 24.1 Å². The van der Waals surface area contributed by atoms with E-state index in [1.165, 1.54) is 6.07 Å². The van der Waals surface area contributed by atoms with Crippen LogP contribution in [0.25, 0.3) is 0 Å². The highest BCUT2D eigenvalue weighted by molar-refractivity contribution is 6.32. The molecule has 2 nitrogen and oxygen atoms in total. The molecule has 1 aromatic carbocycles. The SMILES string of the molecule is Cc1cc(CO)cc(O)c1Cl. The molecule has 3 heteroatoms. The third-order valence-electron chi connectivity index (χ3n) is 1.48. The lowest BCUT2D eigenvalue weighted by molar-refractivity contribution is 0.281. The molecule has 0 fully saturated rings. The van der Waals surface area contributed by atoms with Crippen molar-refractivity contribution in [2.75, 3.05) is 0 Å². The summed E-state index contributed by atoms with van der Waals surface area (Å²) in [5, 5.41) is 18.2. The minimum atomic E-state index is -0.0778. The van der Waals surface area contributed by atoms with E-state index in [0.717, 1.165) is 5.56 Å². The third-order valence-corrected chi connectivity index (χ3v) is 1.97. The predicted octanol–water partition coefficient (Wildman–Crippen LogP) is 1.85. The molecule has 1 aromatic rings. The molecular formula is C8H9ClO2. The summed E-state index contributed by atoms with van der Waals surface area (Å²) in [5.41, 5.74) is 1.44. The maximum Gasteiger partial charge on any atom is 0.134 e. The summed E-state index contributed by atoms with van der Waals surface area (Å²) in [6, 6.07) is 3.19. The number of hydrogen-bond donors (Lipinski definition) is 2. The van der Waals surface area contributed by atoms with Gasteiger partial charge in [-0.2, -0.15) is 0 Å². The van der Waals surface area contributed by atoms with Gasteiger partial charge in [0.25, 0.3) is 0 Å². The number of aryl methyl sites for hydroxylation is 1. The number of halogens is 1. The van der Waals surface area contributed by atoms with Crippen molar-refractivity contribution in [1.82, 2.24) is 0 Å². The van der Waals surface area contributed by atoms with Crippen molar-refractivity contribution in [3.05, 3.63) is 28.3 Å². The van der Waals surface area contributed by atoms with E-state index < -0.39 is 0 Å². The summed E-state index contributed by atoms with van der Waals surface area (Å²) in [6.07, 6.45) is 0. The first-order valence-corrected chi connectivity index (χ1v) is 3.62. The smallest absolute Gasteiger partial charge is 0.134 e. The molecule has 0 heterocycles. The van der Waals surface area contributed by atoms with Crippen molar-refractivity contribution in [3.63, 3.8) is 0 Å². The summed E-state index contributed by atoms with van der Waals surface area (Å²) in [7, 11) is 0. The highest BCUT2D eigenvalue weighted by Gasteiger charge is 2.03. The van der Waals surface area contributed by atoms with E-state index in [0.29, 0.717) is 10.6 Å². The Balaban J connectivity index is 3.21. The van der Waals surface area contributed by atoms with E-state index in [2.05, 4.69) is 0 Å². The molecule has 0 atom stereocenters. The quantitative estimate of drug-likeness (QED) is 0.679. The van der Waals surface area contributed by atoms with Crippen LogP contribution < -0.4 is 0 Å². The van der Waals surface area contributed by atoms with Crippen LogP contribution in [0.15, 0.2) is 12.1 Å². The zero-order valence-corrected chi connectivity index (χ0v) is 6.89. The molecule has 0 spiro atoms. The zero-order chi connectivity index (χ0) is 8.43. The molecule has 0 saturated carbocycles. The fourth-order valence-corrected chi connectivity index (χ4v) is 1.02. The lowest BCUT2D eigenvalue weighted by Gasteiger charge is -2.03. The van der Waals surface area contributed by atoms with Crippen LogP contribution in [0.1, 0.15) is 11.1 Å². The Kier molecular flexibility index (Phi) is 2.37. The fraction of sp³-hybridized carbons (Fsp3) is 0.250. The van der Waals surface area contributed by atoms with Gasteiger partial charge in [0.15, 0.2) is 0 Å². The first kappa shape index (κ1) is 8.37. The van der Waals surface area contributed by atoms with Crippen molar-refractivity contribution < 1.29 is 10.2 Å². The first-order chi connectivity index (χ1) is 5.15. The number of benzene rings is 1. The van der Waals surface area contributed by atoms with Crippen molar-refractivity contribution in [3.8, 4) is 5.75 Å². The fourth-order valence-electron chi connectivity index (χ4n) is 0.915. The molecule has 0 bridgehead atoms. The van der Waals surface area contributed by atoms with Crippen LogP contribution in [0.5, 0.6) is 5.75 Å². The molecule has 0 saturated heterocycles. The van der Waals surface area contributed by atoms with Crippen molar-refractivity contribution in [2.24, 2.45) is 0 Å². The van der Waals surface area contributed by atoms with Gasteiger partial charge in [-0.15, -0.1) is 0 Å². The zero-order valence-electron chi connectivity index (χ0n) is 6.13. The molecule has 11 heavy (non-hydrogen) atoms. The second-order valence-corrected chi connectivity index (χ2v) is 2.78. The van der Waals surface area contributed by atoms with Crippen LogP contribution in [0.2, 0.25) is 5.02 Å². The summed E-state index contributed by atoms with van der Waals surface area (Å²) in [4.78, 5) is 0. The predicted molar refractivity (Wildman–Crippen MR) is 43.8 cm³/mol. The number of phenols is 1. The number of aliphatic hydroxyl groups excluding tert-OH is 1. The average Bonchev–Trinajstić information content (AvgIpc) is 1.99. The van der Waals surface area contributed by atoms with Gasteiger partial charge in [-0.25, -0.2) is 0 Å². The van der Waals surface area contributed by atoms with E-state index in [4.69, 9.17) is 21.8 Å². The number of phenolic OH excluding ortho intramolecular Hbond substituents is 1. The van der Waals surface area contributed by atoms with Gasteiger partial charge >= 0.3 is 0 Å². The molecule has 0 aliphatic rings. The van der Waals surface area contributed by atoms with E-state index in [-0.39, 0.29) is 12.4 Å². The monoisotopic (exact) mass is 172 g/mol. The highest BCUT2D eigenvalue weighted by atomic mass is 35.5. The molecule has 1 rings (SSSR count). The van der Waals surface area contributed by atoms with Gasteiger partial charge in [0.05, 0.1) is 11.6 Å². The lowest BCUT2D eigenvalue weighted by atomic mass is 10.1. The molecule has 2 N–H and O–H groups in total. The second-order valence-electron chi connectivity index (χ2n) is 2.40. The number of aromatic hydroxyl groups is 1. The van der Waals surface area contributed by atoms with Crippen molar-refractivity contribution in [2.45, 2.75) is 13.5 Å². The van der Waals surface area contributed by atoms with Gasteiger partial charge in [0.1, 0.15) is 5.75 Å². The Morgan fingerprint density at radius 1 is 1.45 bits per heavy atom. The summed E-state index contributed by atoms with van der Waals surface area (Å²) in [6.45, 7) is 1.70. The Morgan fingerprint density at radius 2 is 2.09 bits per heavy atom. The van der Waals surface area contributed by atoms with Crippen LogP contribution in [0.3, 0.4) is 0 Å². The average molecular weight is 173 g/mol. The minimum Gasteiger partial charge on any atom is -0.506 e. The number of hydrogen-bond acceptors (Lipinski definition) is 2. The molecule has 0 aromatic heterocycles. The summed E-state index contributed by atoms with van der Waals surface area (Å²) in [5.74, 6) is 0.0238. The topological polar surface area (TPSA) is 40.5 Å². The normalized spacial score (nSPS) is 10.1. The summed E-state index contributed by atoms with van der Waals surface area (Å²) >= 11 is 5.67. The van der Waals surface area contributed by atoms with Crippen molar-refractivity contribution in [1.29, 1.82) is 0 Å². The molecule has 0 unspecified atom stereocenters. The lowest BCUT2D eigenvalue weighted by Crippen LogP contribution is -1.85. The third kappa shape index (κ3) is 1.64. The Hall–Kier alpha value is -0.730. The largest absolute Gasteiger partial charge is 0.506 e. The van der Waals surface area contributed by atoms with E-state index >= 15 is 0 Å². The van der Waals surface area contributed by atoms with Gasteiger partial charge < -0.3 is 10.2 Å². The molecule has 60 valence electrons. The first-order valence-electron chi connectivity index (χ1n) is 3.24. The van der Waals surface area contributed by atoms with Crippen LogP contribution in [0.4, 0.5) is 0 Å². The van der Waals surface area contributed by atoms with E-state index in [1.54, 1.807) is 13.0 Å². The van der Waals surface area contributed by atoms with Gasteiger partial charge in [-0.3, -0.25) is 0 Å². The van der Waals surface area contributed by atoms with Gasteiger partial charge in [0, 0.05) is 0 Å². The molecule has 0 amide bonds. The van der Waals surface area contributed by atoms with Crippen LogP contribution in [-0.4, -0.2) is 10.2 Å². The number of aliphatic hydroxyl groups is 1. The second kappa shape index (κ2) is 3.11. The van der Waals surface area contributed by atoms with E-state index in [9.17, 15) is 0 Å². The standard InChI is InChI=1S/C8H9ClO2/c1-5-2-6(4-10)3-7(11)8(5)9/h2-3,10-11H,4H2,1H3. The Morgan fingerprint density at radius 3 is 2.55 bits per heavy atom. The Bertz CT molecular complexity index is 248. The Labute approximate surface area is 70.1 Å². The number of rotatable bonds is 1. The molecular weight excluding hydrogens is 164 g/mol. The van der Waals surface area contributed by atoms with Gasteiger partial charge in [0.2, 0.25) is 0 Å². The van der Waals surface area contributed by atoms with Gasteiger partial charge in [-0.1, -0.05) is 17.7 Å². The molecule has 0 radical (unpaired) electrons. The van der Waals surface area contributed by atoms with E-state index in [1.807, 2.05) is 0 Å². The van der Waals surface area contributed by atoms with Crippen LogP contribution in [0, 0.1) is 6.92 Å². The van der Waals surface area contributed by atoms with Crippen LogP contribution in [-0.2, 0) is 6.61 Å². The van der Waals surface area contributed by atoms with Crippen molar-refractivity contribution >= 4 is 11.6 Å². The minimum absolute atomic E-state index is 0.0238. The summed E-state index contributed by atoms with van der Waals surface area (Å²) < 4.78 is 0.